The number of aromatic nitrogens is 6. The molecule has 0 bridgehead atoms. The Labute approximate surface area is 296 Å². The lowest BCUT2D eigenvalue weighted by atomic mass is 10.0. The Kier molecular flexibility index (Phi) is 10.9. The van der Waals surface area contributed by atoms with Gasteiger partial charge >= 0.3 is 12.1 Å². The number of tetrazole rings is 1. The Hall–Kier alpha value is -5.51. The molecule has 1 aliphatic rings. The number of rotatable bonds is 10. The molecule has 2 aromatic heterocycles. The first-order valence-electron chi connectivity index (χ1n) is 15.5. The molecule has 1 saturated heterocycles. The highest BCUT2D eigenvalue weighted by Crippen LogP contribution is 2.30. The SMILES string of the molecule is COC(=O)Nc1ccc(-c2nc(C(Cc3cccc(C(=O)N4CCOCC4)c3)NC(=O)NCc3cc(Cl)ccc3-n3cnnn3)[nH]c2Cl)cc1. The van der Waals surface area contributed by atoms with Gasteiger partial charge in [0.2, 0.25) is 0 Å². The van der Waals surface area contributed by atoms with Crippen LogP contribution < -0.4 is 16.0 Å². The summed E-state index contributed by atoms with van der Waals surface area (Å²) in [7, 11) is 1.28. The molecule has 5 aromatic rings. The number of benzene rings is 3. The molecule has 1 fully saturated rings. The molecule has 3 heterocycles. The van der Waals surface area contributed by atoms with E-state index in [0.29, 0.717) is 70.9 Å². The highest BCUT2D eigenvalue weighted by atomic mass is 35.5. The molecule has 0 saturated carbocycles. The van der Waals surface area contributed by atoms with Crippen LogP contribution in [-0.2, 0) is 22.4 Å². The van der Waals surface area contributed by atoms with E-state index in [4.69, 9.17) is 32.9 Å². The minimum Gasteiger partial charge on any atom is -0.453 e. The zero-order chi connectivity index (χ0) is 35.0. The zero-order valence-corrected chi connectivity index (χ0v) is 28.2. The van der Waals surface area contributed by atoms with Gasteiger partial charge in [0.25, 0.3) is 5.91 Å². The molecule has 4 amide bonds. The second-order valence-electron chi connectivity index (χ2n) is 11.2. The van der Waals surface area contributed by atoms with Crippen LogP contribution in [0.15, 0.2) is 73.1 Å². The predicted molar refractivity (Wildman–Crippen MR) is 184 cm³/mol. The van der Waals surface area contributed by atoms with Gasteiger partial charge in [-0.1, -0.05) is 47.5 Å². The van der Waals surface area contributed by atoms with Crippen molar-refractivity contribution in [1.82, 2.24) is 45.7 Å². The van der Waals surface area contributed by atoms with E-state index in [1.165, 1.54) is 18.1 Å². The third kappa shape index (κ3) is 8.37. The maximum atomic E-state index is 13.5. The van der Waals surface area contributed by atoms with Gasteiger partial charge in [0.05, 0.1) is 32.1 Å². The number of carbonyl (C=O) groups is 3. The zero-order valence-electron chi connectivity index (χ0n) is 26.7. The Morgan fingerprint density at radius 2 is 1.84 bits per heavy atom. The Balaban J connectivity index is 1.24. The highest BCUT2D eigenvalue weighted by Gasteiger charge is 2.24. The number of hydrogen-bond donors (Lipinski definition) is 4. The maximum absolute atomic E-state index is 13.5. The number of halogens is 2. The van der Waals surface area contributed by atoms with E-state index in [1.807, 2.05) is 18.2 Å². The molecule has 0 aliphatic carbocycles. The molecule has 6 rings (SSSR count). The van der Waals surface area contributed by atoms with Crippen molar-refractivity contribution < 1.29 is 23.9 Å². The van der Waals surface area contributed by atoms with Crippen LogP contribution in [0.4, 0.5) is 15.3 Å². The number of carbonyl (C=O) groups excluding carboxylic acids is 3. The van der Waals surface area contributed by atoms with Crippen molar-refractivity contribution in [3.05, 3.63) is 106 Å². The third-order valence-corrected chi connectivity index (χ3v) is 8.40. The molecule has 50 heavy (non-hydrogen) atoms. The van der Waals surface area contributed by atoms with E-state index in [2.05, 4.69) is 41.2 Å². The minimum absolute atomic E-state index is 0.0919. The number of aromatic amines is 1. The Morgan fingerprint density at radius 1 is 1.04 bits per heavy atom. The highest BCUT2D eigenvalue weighted by molar-refractivity contribution is 6.32. The number of nitrogens with zero attached hydrogens (tertiary/aromatic N) is 6. The van der Waals surface area contributed by atoms with Gasteiger partial charge < -0.3 is 30.0 Å². The van der Waals surface area contributed by atoms with Crippen LogP contribution in [0, 0.1) is 0 Å². The van der Waals surface area contributed by atoms with Crippen molar-refractivity contribution in [1.29, 1.82) is 0 Å². The summed E-state index contributed by atoms with van der Waals surface area (Å²) >= 11 is 12.9. The summed E-state index contributed by atoms with van der Waals surface area (Å²) in [6, 6.07) is 18.1. The normalized spacial score (nSPS) is 13.4. The number of nitrogens with one attached hydrogen (secondary N) is 4. The molecule has 258 valence electrons. The summed E-state index contributed by atoms with van der Waals surface area (Å²) in [5.41, 5.74) is 4.29. The van der Waals surface area contributed by atoms with Crippen LogP contribution in [0.5, 0.6) is 0 Å². The van der Waals surface area contributed by atoms with Crippen LogP contribution in [0.25, 0.3) is 16.9 Å². The monoisotopic (exact) mass is 718 g/mol. The van der Waals surface area contributed by atoms with E-state index in [-0.39, 0.29) is 24.0 Å². The van der Waals surface area contributed by atoms with Gasteiger partial charge in [-0.25, -0.2) is 19.3 Å². The molecule has 3 aromatic carbocycles. The van der Waals surface area contributed by atoms with Crippen molar-refractivity contribution in [2.45, 2.75) is 19.0 Å². The summed E-state index contributed by atoms with van der Waals surface area (Å²) < 4.78 is 11.5. The number of imidazole rings is 1. The minimum atomic E-state index is -0.700. The lowest BCUT2D eigenvalue weighted by molar-refractivity contribution is 0.0303. The van der Waals surface area contributed by atoms with E-state index < -0.39 is 18.2 Å². The number of anilines is 1. The second kappa shape index (κ2) is 15.8. The molecule has 1 aliphatic heterocycles. The molecular formula is C33H32Cl2N10O5. The standard InChI is InChI=1S/C33H32Cl2N10O5/c1-49-33(48)38-25-8-5-21(6-9-25)28-29(35)41-30(40-28)26(16-20-3-2-4-22(15-20)31(46)44-11-13-50-14-12-44)39-32(47)36-18-23-17-24(34)7-10-27(23)45-19-37-42-43-45/h2-10,15,17,19,26H,11-14,16,18H2,1H3,(H,38,48)(H,40,41)(H2,36,39,47). The summed E-state index contributed by atoms with van der Waals surface area (Å²) in [5.74, 6) is 0.296. The second-order valence-corrected chi connectivity index (χ2v) is 12.0. The van der Waals surface area contributed by atoms with Crippen molar-refractivity contribution in [3.63, 3.8) is 0 Å². The first-order valence-corrected chi connectivity index (χ1v) is 16.3. The molecule has 1 unspecified atom stereocenters. The fourth-order valence-electron chi connectivity index (χ4n) is 5.41. The van der Waals surface area contributed by atoms with Gasteiger partial charge in [-0.2, -0.15) is 0 Å². The molecule has 0 spiro atoms. The average Bonchev–Trinajstić information content (AvgIpc) is 3.81. The quantitative estimate of drug-likeness (QED) is 0.158. The third-order valence-electron chi connectivity index (χ3n) is 7.89. The fraction of sp³-hybridized carbons (Fsp3) is 0.242. The van der Waals surface area contributed by atoms with Crippen LogP contribution in [0.3, 0.4) is 0 Å². The maximum Gasteiger partial charge on any atom is 0.411 e. The van der Waals surface area contributed by atoms with Gasteiger partial charge in [-0.05, 0) is 70.4 Å². The first kappa shape index (κ1) is 34.4. The largest absolute Gasteiger partial charge is 0.453 e. The molecule has 15 nitrogen and oxygen atoms in total. The van der Waals surface area contributed by atoms with E-state index in [1.54, 1.807) is 53.4 Å². The van der Waals surface area contributed by atoms with Crippen molar-refractivity contribution in [2.24, 2.45) is 0 Å². The molecule has 1 atom stereocenters. The van der Waals surface area contributed by atoms with Crippen molar-refractivity contribution in [3.8, 4) is 16.9 Å². The summed E-state index contributed by atoms with van der Waals surface area (Å²) in [5, 5.41) is 20.6. The number of morpholine rings is 1. The molecule has 0 radical (unpaired) electrons. The number of hydrogen-bond acceptors (Lipinski definition) is 9. The van der Waals surface area contributed by atoms with Crippen LogP contribution in [-0.4, -0.2) is 86.5 Å². The van der Waals surface area contributed by atoms with Gasteiger partial charge in [0, 0.05) is 41.5 Å². The predicted octanol–water partition coefficient (Wildman–Crippen LogP) is 4.79. The lowest BCUT2D eigenvalue weighted by Crippen LogP contribution is -2.40. The van der Waals surface area contributed by atoms with Crippen LogP contribution >= 0.6 is 23.2 Å². The average molecular weight is 720 g/mol. The number of H-pyrrole nitrogens is 1. The van der Waals surface area contributed by atoms with Gasteiger partial charge in [0.1, 0.15) is 23.0 Å². The van der Waals surface area contributed by atoms with E-state index >= 15 is 0 Å². The molecular weight excluding hydrogens is 687 g/mol. The fourth-order valence-corrected chi connectivity index (χ4v) is 5.86. The van der Waals surface area contributed by atoms with Crippen LogP contribution in [0.1, 0.15) is 33.4 Å². The number of amides is 4. The van der Waals surface area contributed by atoms with Crippen molar-refractivity contribution >= 4 is 46.9 Å². The number of methoxy groups -OCH3 is 1. The first-order chi connectivity index (χ1) is 24.3. The number of ether oxygens (including phenoxy) is 2. The van der Waals surface area contributed by atoms with E-state index in [9.17, 15) is 14.4 Å². The smallest absolute Gasteiger partial charge is 0.411 e. The Morgan fingerprint density at radius 3 is 2.58 bits per heavy atom. The van der Waals surface area contributed by atoms with Gasteiger partial charge in [0.15, 0.2) is 0 Å². The summed E-state index contributed by atoms with van der Waals surface area (Å²) in [4.78, 5) is 48.0. The summed E-state index contributed by atoms with van der Waals surface area (Å²) in [6.07, 6.45) is 1.13. The molecule has 4 N–H and O–H groups in total. The van der Waals surface area contributed by atoms with E-state index in [0.717, 1.165) is 5.56 Å². The topological polar surface area (TPSA) is 181 Å². The molecule has 17 heteroatoms. The van der Waals surface area contributed by atoms with Gasteiger partial charge in [-0.15, -0.1) is 5.10 Å². The lowest BCUT2D eigenvalue weighted by Gasteiger charge is -2.27. The Bertz CT molecular complexity index is 1960. The van der Waals surface area contributed by atoms with Crippen molar-refractivity contribution in [2.75, 3.05) is 38.7 Å². The number of urea groups is 1. The van der Waals surface area contributed by atoms with Crippen LogP contribution in [0.2, 0.25) is 10.2 Å². The van der Waals surface area contributed by atoms with Gasteiger partial charge in [-0.3, -0.25) is 10.1 Å². The summed E-state index contributed by atoms with van der Waals surface area (Å²) in [6.45, 7) is 2.12.